The minimum Gasteiger partial charge on any atom is -0.480 e. The molecule has 1 aliphatic rings. The number of carboxylic acids is 1. The van der Waals surface area contributed by atoms with Crippen LogP contribution in [-0.2, 0) is 4.79 Å². The van der Waals surface area contributed by atoms with Crippen molar-refractivity contribution in [2.24, 2.45) is 0 Å². The zero-order valence-corrected chi connectivity index (χ0v) is 9.50. The maximum absolute atomic E-state index is 12.2. The minimum atomic E-state index is -4.71. The molecule has 0 bridgehead atoms. The molecular formula is C10H16F3NO3. The van der Waals surface area contributed by atoms with Gasteiger partial charge in [-0.05, 0) is 25.8 Å². The topological polar surface area (TPSA) is 60.8 Å². The van der Waals surface area contributed by atoms with Gasteiger partial charge in [0, 0.05) is 6.54 Å². The van der Waals surface area contributed by atoms with Crippen LogP contribution in [0.4, 0.5) is 13.2 Å². The number of hydrogen-bond acceptors (Lipinski definition) is 3. The smallest absolute Gasteiger partial charge is 0.415 e. The van der Waals surface area contributed by atoms with Crippen molar-refractivity contribution in [1.29, 1.82) is 0 Å². The van der Waals surface area contributed by atoms with Crippen LogP contribution in [0.3, 0.4) is 0 Å². The van der Waals surface area contributed by atoms with Gasteiger partial charge in [-0.15, -0.1) is 0 Å². The molecule has 0 aromatic rings. The molecule has 1 aliphatic heterocycles. The van der Waals surface area contributed by atoms with Crippen LogP contribution in [0.15, 0.2) is 0 Å². The molecule has 0 aromatic carbocycles. The van der Waals surface area contributed by atoms with Gasteiger partial charge in [-0.3, -0.25) is 9.69 Å². The lowest BCUT2D eigenvalue weighted by molar-refractivity contribution is -0.211. The van der Waals surface area contributed by atoms with Crippen molar-refractivity contribution in [2.45, 2.75) is 44.0 Å². The first kappa shape index (κ1) is 14.2. The second-order valence-electron chi connectivity index (χ2n) is 4.30. The van der Waals surface area contributed by atoms with E-state index in [0.717, 1.165) is 0 Å². The van der Waals surface area contributed by atoms with Gasteiger partial charge in [0.15, 0.2) is 6.10 Å². The molecule has 4 nitrogen and oxygen atoms in total. The molecule has 1 saturated heterocycles. The van der Waals surface area contributed by atoms with Gasteiger partial charge in [0.1, 0.15) is 5.54 Å². The van der Waals surface area contributed by atoms with E-state index >= 15 is 0 Å². The maximum atomic E-state index is 12.2. The zero-order valence-electron chi connectivity index (χ0n) is 9.50. The van der Waals surface area contributed by atoms with E-state index in [4.69, 9.17) is 10.2 Å². The van der Waals surface area contributed by atoms with E-state index in [-0.39, 0.29) is 13.0 Å². The van der Waals surface area contributed by atoms with Crippen molar-refractivity contribution in [3.8, 4) is 0 Å². The van der Waals surface area contributed by atoms with E-state index in [2.05, 4.69) is 0 Å². The van der Waals surface area contributed by atoms with E-state index in [1.54, 1.807) is 6.92 Å². The molecule has 1 rings (SSSR count). The number of carbonyl (C=O) groups is 1. The minimum absolute atomic E-state index is 0.229. The number of nitrogens with zero attached hydrogens (tertiary/aromatic N) is 1. The summed E-state index contributed by atoms with van der Waals surface area (Å²) >= 11 is 0. The lowest BCUT2D eigenvalue weighted by Crippen LogP contribution is -2.54. The molecule has 0 aromatic heterocycles. The number of halogens is 3. The number of aliphatic hydroxyl groups excluding tert-OH is 1. The third kappa shape index (κ3) is 2.71. The second-order valence-corrected chi connectivity index (χ2v) is 4.30. The predicted octanol–water partition coefficient (Wildman–Crippen LogP) is 1.24. The van der Waals surface area contributed by atoms with Crippen molar-refractivity contribution in [1.82, 2.24) is 4.90 Å². The van der Waals surface area contributed by atoms with Gasteiger partial charge in [-0.1, -0.05) is 6.92 Å². The standard InChI is InChI=1S/C10H16F3NO3/c1-2-9(8(16)17)4-3-5-14(9)6-7(15)10(11,12)13/h7,15H,2-6H2,1H3,(H,16,17). The van der Waals surface area contributed by atoms with Gasteiger partial charge in [0.05, 0.1) is 0 Å². The van der Waals surface area contributed by atoms with Crippen LogP contribution in [0, 0.1) is 0 Å². The fraction of sp³-hybridized carbons (Fsp3) is 0.900. The number of likely N-dealkylation sites (tertiary alicyclic amines) is 1. The summed E-state index contributed by atoms with van der Waals surface area (Å²) in [6.45, 7) is 1.23. The Bertz CT molecular complexity index is 295. The monoisotopic (exact) mass is 255 g/mol. The highest BCUT2D eigenvalue weighted by Crippen LogP contribution is 2.34. The van der Waals surface area contributed by atoms with Crippen molar-refractivity contribution in [2.75, 3.05) is 13.1 Å². The van der Waals surface area contributed by atoms with Crippen molar-refractivity contribution in [3.05, 3.63) is 0 Å². The van der Waals surface area contributed by atoms with Crippen molar-refractivity contribution >= 4 is 5.97 Å². The Kier molecular flexibility index (Phi) is 4.03. The fourth-order valence-electron chi connectivity index (χ4n) is 2.31. The van der Waals surface area contributed by atoms with Crippen LogP contribution < -0.4 is 0 Å². The Morgan fingerprint density at radius 3 is 2.53 bits per heavy atom. The SMILES string of the molecule is CCC1(C(=O)O)CCCN1CC(O)C(F)(F)F. The van der Waals surface area contributed by atoms with E-state index < -0.39 is 30.3 Å². The molecule has 2 N–H and O–H groups in total. The van der Waals surface area contributed by atoms with Crippen molar-refractivity contribution < 1.29 is 28.2 Å². The highest BCUT2D eigenvalue weighted by atomic mass is 19.4. The van der Waals surface area contributed by atoms with Crippen LogP contribution in [0.2, 0.25) is 0 Å². The lowest BCUT2D eigenvalue weighted by Gasteiger charge is -2.35. The average Bonchev–Trinajstić information content (AvgIpc) is 2.60. The number of hydrogen-bond donors (Lipinski definition) is 2. The normalized spacial score (nSPS) is 28.3. The summed E-state index contributed by atoms with van der Waals surface area (Å²) in [5.41, 5.74) is -1.26. The van der Waals surface area contributed by atoms with Gasteiger partial charge in [-0.2, -0.15) is 13.2 Å². The fourth-order valence-corrected chi connectivity index (χ4v) is 2.31. The molecule has 0 saturated carbocycles. The Morgan fingerprint density at radius 2 is 2.12 bits per heavy atom. The number of β-amino-alcohol motifs (C(OH)–C–C–N with tert-alkyl or cyclic N) is 1. The molecule has 1 fully saturated rings. The predicted molar refractivity (Wildman–Crippen MR) is 53.5 cm³/mol. The van der Waals surface area contributed by atoms with Crippen LogP contribution in [-0.4, -0.2) is 52.0 Å². The Morgan fingerprint density at radius 1 is 1.53 bits per heavy atom. The highest BCUT2D eigenvalue weighted by molar-refractivity contribution is 5.79. The summed E-state index contributed by atoms with van der Waals surface area (Å²) in [5.74, 6) is -1.12. The molecule has 100 valence electrons. The molecule has 1 heterocycles. The van der Waals surface area contributed by atoms with Crippen LogP contribution in [0.1, 0.15) is 26.2 Å². The quantitative estimate of drug-likeness (QED) is 0.793. The number of rotatable bonds is 4. The molecule has 0 spiro atoms. The Labute approximate surface area is 97.0 Å². The van der Waals surface area contributed by atoms with Gasteiger partial charge < -0.3 is 10.2 Å². The highest BCUT2D eigenvalue weighted by Gasteiger charge is 2.49. The molecule has 0 radical (unpaired) electrons. The van der Waals surface area contributed by atoms with Gasteiger partial charge in [0.25, 0.3) is 0 Å². The summed E-state index contributed by atoms with van der Waals surface area (Å²) in [6, 6.07) is 0. The molecule has 2 unspecified atom stereocenters. The number of aliphatic carboxylic acids is 1. The summed E-state index contributed by atoms with van der Waals surface area (Å²) in [5, 5.41) is 18.1. The lowest BCUT2D eigenvalue weighted by atomic mass is 9.93. The average molecular weight is 255 g/mol. The Hall–Kier alpha value is -0.820. The largest absolute Gasteiger partial charge is 0.480 e. The molecule has 0 amide bonds. The summed E-state index contributed by atoms with van der Waals surface area (Å²) in [6.07, 6.45) is -6.12. The summed E-state index contributed by atoms with van der Waals surface area (Å²) in [7, 11) is 0. The number of carboxylic acid groups (broad SMARTS) is 1. The molecule has 2 atom stereocenters. The molecular weight excluding hydrogens is 239 g/mol. The summed E-state index contributed by atoms with van der Waals surface area (Å²) in [4.78, 5) is 12.4. The third-order valence-corrected chi connectivity index (χ3v) is 3.38. The van der Waals surface area contributed by atoms with E-state index in [0.29, 0.717) is 12.8 Å². The van der Waals surface area contributed by atoms with Crippen LogP contribution in [0.5, 0.6) is 0 Å². The maximum Gasteiger partial charge on any atom is 0.415 e. The van der Waals surface area contributed by atoms with Crippen LogP contribution >= 0.6 is 0 Å². The number of aliphatic hydroxyl groups is 1. The van der Waals surface area contributed by atoms with Gasteiger partial charge in [0.2, 0.25) is 0 Å². The molecule has 17 heavy (non-hydrogen) atoms. The first-order valence-corrected chi connectivity index (χ1v) is 5.47. The van der Waals surface area contributed by atoms with Crippen molar-refractivity contribution in [3.63, 3.8) is 0 Å². The first-order chi connectivity index (χ1) is 7.74. The molecule has 7 heteroatoms. The number of alkyl halides is 3. The van der Waals surface area contributed by atoms with E-state index in [9.17, 15) is 18.0 Å². The first-order valence-electron chi connectivity index (χ1n) is 5.47. The van der Waals surface area contributed by atoms with Gasteiger partial charge in [-0.25, -0.2) is 0 Å². The Balaban J connectivity index is 2.80. The second kappa shape index (κ2) is 4.81. The van der Waals surface area contributed by atoms with Crippen LogP contribution in [0.25, 0.3) is 0 Å². The van der Waals surface area contributed by atoms with E-state index in [1.807, 2.05) is 0 Å². The zero-order chi connectivity index (χ0) is 13.3. The third-order valence-electron chi connectivity index (χ3n) is 3.38. The van der Waals surface area contributed by atoms with E-state index in [1.165, 1.54) is 4.90 Å². The van der Waals surface area contributed by atoms with Gasteiger partial charge >= 0.3 is 12.1 Å². The molecule has 0 aliphatic carbocycles. The summed E-state index contributed by atoms with van der Waals surface area (Å²) < 4.78 is 36.7.